The molecule has 0 spiro atoms. The maximum Gasteiger partial charge on any atom is 0.339 e. The number of carbonyl (C=O) groups excluding carboxylic acids is 3. The Morgan fingerprint density at radius 3 is 2.49 bits per heavy atom. The number of ketones is 2. The minimum Gasteiger partial charge on any atom is -0.447 e. The Bertz CT molecular complexity index is 1050. The zero-order chi connectivity index (χ0) is 25.2. The SMILES string of the molecule is C[C@]12CCC(=O)C[C@H]1CC[C@H]1[C@@H]3CC[C@@](OC(=O)c4ccccc4)(C(=O)CCl)[C@@]3(C)C[C@H](O)[C@@]12F. The van der Waals surface area contributed by atoms with Crippen molar-refractivity contribution < 1.29 is 28.6 Å². The van der Waals surface area contributed by atoms with E-state index in [1.54, 1.807) is 30.3 Å². The number of aliphatic hydroxyl groups excluding tert-OH is 1. The third-order valence-corrected chi connectivity index (χ3v) is 10.8. The van der Waals surface area contributed by atoms with Gasteiger partial charge in [-0.2, -0.15) is 0 Å². The lowest BCUT2D eigenvalue weighted by Gasteiger charge is -2.65. The van der Waals surface area contributed by atoms with Gasteiger partial charge in [0.15, 0.2) is 11.4 Å². The summed E-state index contributed by atoms with van der Waals surface area (Å²) >= 11 is 6.06. The summed E-state index contributed by atoms with van der Waals surface area (Å²) in [4.78, 5) is 38.7. The molecule has 5 nitrogen and oxygen atoms in total. The summed E-state index contributed by atoms with van der Waals surface area (Å²) in [6.07, 6.45) is 1.85. The van der Waals surface area contributed by atoms with Crippen molar-refractivity contribution in [2.45, 2.75) is 82.6 Å². The van der Waals surface area contributed by atoms with E-state index in [2.05, 4.69) is 0 Å². The van der Waals surface area contributed by atoms with E-state index in [-0.39, 0.29) is 36.3 Å². The highest BCUT2D eigenvalue weighted by Gasteiger charge is 2.76. The fraction of sp³-hybridized carbons (Fsp3) is 0.679. The largest absolute Gasteiger partial charge is 0.447 e. The fourth-order valence-electron chi connectivity index (χ4n) is 8.62. The molecule has 1 aromatic carbocycles. The van der Waals surface area contributed by atoms with Gasteiger partial charge in [0, 0.05) is 23.7 Å². The highest BCUT2D eigenvalue weighted by molar-refractivity contribution is 6.29. The standard InChI is InChI=1S/C28H34ClFO5/c1-25-12-10-19(31)14-18(25)8-9-21-20-11-13-27(23(33)16-29,26(20,2)15-22(32)28(21,25)30)35-24(34)17-6-4-3-5-7-17/h3-7,18,20-22,32H,8-16H2,1-2H3/t18-,20+,21+,22+,25+,26+,27-,28+/m1/s1. The monoisotopic (exact) mass is 504 g/mol. The number of esters is 1. The number of benzene rings is 1. The van der Waals surface area contributed by atoms with Crippen LogP contribution in [-0.2, 0) is 14.3 Å². The molecule has 8 atom stereocenters. The van der Waals surface area contributed by atoms with Crippen LogP contribution in [0.1, 0.15) is 75.6 Å². The predicted octanol–water partition coefficient (Wildman–Crippen LogP) is 5.06. The van der Waals surface area contributed by atoms with Crippen LogP contribution < -0.4 is 0 Å². The number of fused-ring (bicyclic) bond motifs is 5. The van der Waals surface area contributed by atoms with E-state index in [4.69, 9.17) is 16.3 Å². The van der Waals surface area contributed by atoms with Gasteiger partial charge in [0.2, 0.25) is 0 Å². The van der Waals surface area contributed by atoms with Crippen LogP contribution in [0.5, 0.6) is 0 Å². The molecule has 1 N–H and O–H groups in total. The Balaban J connectivity index is 1.54. The van der Waals surface area contributed by atoms with Crippen LogP contribution in [0.15, 0.2) is 30.3 Å². The summed E-state index contributed by atoms with van der Waals surface area (Å²) in [5, 5.41) is 11.5. The molecule has 4 aliphatic carbocycles. The molecule has 4 aliphatic rings. The first kappa shape index (κ1) is 24.9. The molecule has 0 unspecified atom stereocenters. The number of ether oxygens (including phenoxy) is 1. The molecule has 4 saturated carbocycles. The van der Waals surface area contributed by atoms with Crippen LogP contribution in [0.25, 0.3) is 0 Å². The lowest BCUT2D eigenvalue weighted by Crippen LogP contribution is -2.71. The number of alkyl halides is 2. The highest BCUT2D eigenvalue weighted by atomic mass is 35.5. The predicted molar refractivity (Wildman–Crippen MR) is 129 cm³/mol. The average Bonchev–Trinajstić information content (AvgIpc) is 3.13. The second-order valence-electron chi connectivity index (χ2n) is 11.7. The van der Waals surface area contributed by atoms with Crippen molar-refractivity contribution in [1.82, 2.24) is 0 Å². The van der Waals surface area contributed by atoms with Crippen molar-refractivity contribution >= 4 is 29.1 Å². The Morgan fingerprint density at radius 1 is 1.09 bits per heavy atom. The summed E-state index contributed by atoms with van der Waals surface area (Å²) in [7, 11) is 0. The van der Waals surface area contributed by atoms with Gasteiger partial charge in [-0.15, -0.1) is 11.6 Å². The Hall–Kier alpha value is -1.79. The van der Waals surface area contributed by atoms with Crippen LogP contribution >= 0.6 is 11.6 Å². The van der Waals surface area contributed by atoms with E-state index < -0.39 is 45.9 Å². The van der Waals surface area contributed by atoms with E-state index in [1.807, 2.05) is 13.8 Å². The Labute approximate surface area is 210 Å². The smallest absolute Gasteiger partial charge is 0.339 e. The molecular weight excluding hydrogens is 471 g/mol. The molecular formula is C28H34ClFO5. The summed E-state index contributed by atoms with van der Waals surface area (Å²) in [6.45, 7) is 3.78. The molecule has 4 fully saturated rings. The van der Waals surface area contributed by atoms with Crippen molar-refractivity contribution in [2.75, 3.05) is 5.88 Å². The van der Waals surface area contributed by atoms with E-state index in [1.165, 1.54) is 0 Å². The summed E-state index contributed by atoms with van der Waals surface area (Å²) in [5.74, 6) is -1.98. The zero-order valence-corrected chi connectivity index (χ0v) is 21.2. The van der Waals surface area contributed by atoms with Crippen molar-refractivity contribution in [2.24, 2.45) is 28.6 Å². The summed E-state index contributed by atoms with van der Waals surface area (Å²) in [5.41, 5.74) is -4.79. The Kier molecular flexibility index (Phi) is 5.95. The summed E-state index contributed by atoms with van der Waals surface area (Å²) in [6, 6.07) is 8.50. The van der Waals surface area contributed by atoms with E-state index in [9.17, 15) is 19.5 Å². The van der Waals surface area contributed by atoms with E-state index >= 15 is 4.39 Å². The second-order valence-corrected chi connectivity index (χ2v) is 12.0. The topological polar surface area (TPSA) is 80.7 Å². The number of rotatable bonds is 4. The highest BCUT2D eigenvalue weighted by Crippen LogP contribution is 2.71. The van der Waals surface area contributed by atoms with Crippen molar-refractivity contribution in [3.05, 3.63) is 35.9 Å². The first-order valence-corrected chi connectivity index (χ1v) is 13.3. The van der Waals surface area contributed by atoms with Gasteiger partial charge in [-0.1, -0.05) is 32.0 Å². The maximum absolute atomic E-state index is 17.3. The fourth-order valence-corrected chi connectivity index (χ4v) is 8.84. The molecule has 0 heterocycles. The van der Waals surface area contributed by atoms with Crippen molar-refractivity contribution in [3.63, 3.8) is 0 Å². The van der Waals surface area contributed by atoms with Crippen LogP contribution in [0.2, 0.25) is 0 Å². The van der Waals surface area contributed by atoms with Gasteiger partial charge < -0.3 is 9.84 Å². The molecule has 35 heavy (non-hydrogen) atoms. The van der Waals surface area contributed by atoms with E-state index in [0.29, 0.717) is 37.7 Å². The number of hydrogen-bond donors (Lipinski definition) is 1. The number of aliphatic hydroxyl groups is 1. The average molecular weight is 505 g/mol. The van der Waals surface area contributed by atoms with E-state index in [0.717, 1.165) is 6.42 Å². The maximum atomic E-state index is 17.3. The molecule has 0 bridgehead atoms. The van der Waals surface area contributed by atoms with Crippen molar-refractivity contribution in [3.8, 4) is 0 Å². The number of hydrogen-bond acceptors (Lipinski definition) is 5. The lowest BCUT2D eigenvalue weighted by molar-refractivity contribution is -0.253. The quantitative estimate of drug-likeness (QED) is 0.457. The summed E-state index contributed by atoms with van der Waals surface area (Å²) < 4.78 is 23.4. The molecule has 7 heteroatoms. The molecule has 0 aromatic heterocycles. The van der Waals surface area contributed by atoms with Gasteiger partial charge in [0.25, 0.3) is 0 Å². The van der Waals surface area contributed by atoms with Crippen LogP contribution in [0, 0.1) is 28.6 Å². The minimum absolute atomic E-state index is 0.00558. The molecule has 0 aliphatic heterocycles. The molecule has 0 saturated heterocycles. The molecule has 0 radical (unpaired) electrons. The van der Waals surface area contributed by atoms with Crippen molar-refractivity contribution in [1.29, 1.82) is 0 Å². The lowest BCUT2D eigenvalue weighted by atomic mass is 9.42. The minimum atomic E-state index is -1.86. The van der Waals surface area contributed by atoms with Gasteiger partial charge in [-0.25, -0.2) is 9.18 Å². The Morgan fingerprint density at radius 2 is 1.80 bits per heavy atom. The van der Waals surface area contributed by atoms with Gasteiger partial charge in [0.1, 0.15) is 11.5 Å². The van der Waals surface area contributed by atoms with Gasteiger partial charge in [0.05, 0.1) is 17.5 Å². The van der Waals surface area contributed by atoms with Gasteiger partial charge in [-0.05, 0) is 68.4 Å². The number of halogens is 2. The third-order valence-electron chi connectivity index (χ3n) is 10.5. The molecule has 5 rings (SSSR count). The third kappa shape index (κ3) is 3.24. The number of Topliss-reactive ketones (excluding diaryl/α,β-unsaturated/α-hetero) is 2. The first-order valence-electron chi connectivity index (χ1n) is 12.8. The van der Waals surface area contributed by atoms with Crippen LogP contribution in [0.4, 0.5) is 4.39 Å². The molecule has 0 amide bonds. The molecule has 1 aromatic rings. The number of carbonyl (C=O) groups is 3. The van der Waals surface area contributed by atoms with Gasteiger partial charge >= 0.3 is 5.97 Å². The van der Waals surface area contributed by atoms with Crippen LogP contribution in [-0.4, -0.2) is 45.9 Å². The first-order chi connectivity index (χ1) is 16.5. The second kappa shape index (κ2) is 8.37. The normalized spacial score (nSPS) is 44.7. The van der Waals surface area contributed by atoms with Gasteiger partial charge in [-0.3, -0.25) is 9.59 Å². The zero-order valence-electron chi connectivity index (χ0n) is 20.4. The molecule has 190 valence electrons. The van der Waals surface area contributed by atoms with Crippen LogP contribution in [0.3, 0.4) is 0 Å².